The number of fused-ring (bicyclic) bond motifs is 3. The van der Waals surface area contributed by atoms with Crippen molar-refractivity contribution in [2.45, 2.75) is 107 Å². The van der Waals surface area contributed by atoms with Crippen LogP contribution < -0.4 is 9.47 Å². The first-order valence-electron chi connectivity index (χ1n) is 13.7. The summed E-state index contributed by atoms with van der Waals surface area (Å²) in [5.74, 6) is 2.72. The normalized spacial score (nSPS) is 41.6. The lowest BCUT2D eigenvalue weighted by Gasteiger charge is -2.53. The fourth-order valence-electron chi connectivity index (χ4n) is 8.23. The third-order valence-corrected chi connectivity index (χ3v) is 9.96. The van der Waals surface area contributed by atoms with Gasteiger partial charge in [0.15, 0.2) is 11.5 Å². The number of carbonyl (C=O) groups excluding carboxylic acids is 1. The Labute approximate surface area is 202 Å². The first-order valence-corrected chi connectivity index (χ1v) is 13.7. The second kappa shape index (κ2) is 7.36. The Morgan fingerprint density at radius 2 is 2.09 bits per heavy atom. The van der Waals surface area contributed by atoms with E-state index in [0.29, 0.717) is 19.1 Å². The number of amides is 1. The molecule has 0 bridgehead atoms. The number of aryl methyl sites for hydroxylation is 1. The molecule has 3 heterocycles. The molecule has 1 aromatic rings. The molecule has 7 rings (SSSR count). The van der Waals surface area contributed by atoms with E-state index in [1.54, 1.807) is 0 Å². The van der Waals surface area contributed by atoms with Crippen LogP contribution in [0.15, 0.2) is 12.1 Å². The summed E-state index contributed by atoms with van der Waals surface area (Å²) in [6.07, 6.45) is 8.61. The van der Waals surface area contributed by atoms with Crippen molar-refractivity contribution in [3.05, 3.63) is 23.3 Å². The maximum Gasteiger partial charge on any atom is 0.223 e. The van der Waals surface area contributed by atoms with Gasteiger partial charge in [-0.05, 0) is 69.4 Å². The first kappa shape index (κ1) is 21.5. The SMILES string of the molecule is CCCCOc1ccc(C)c2c1O[C@H]1[C@H](N3CCCC3=O)CC[C@@]3(O)[C@H]4C(C[C@]213)N4CC1CC1. The molecule has 0 aromatic heterocycles. The van der Waals surface area contributed by atoms with Crippen LogP contribution in [0.4, 0.5) is 0 Å². The summed E-state index contributed by atoms with van der Waals surface area (Å²) in [6, 6.07) is 4.88. The summed E-state index contributed by atoms with van der Waals surface area (Å²) in [4.78, 5) is 17.5. The quantitative estimate of drug-likeness (QED) is 0.492. The van der Waals surface area contributed by atoms with Crippen molar-refractivity contribution in [3.63, 3.8) is 0 Å². The molecule has 2 unspecified atom stereocenters. The molecule has 34 heavy (non-hydrogen) atoms. The summed E-state index contributed by atoms with van der Waals surface area (Å²) in [5, 5.41) is 12.6. The second-order valence-electron chi connectivity index (χ2n) is 11.9. The van der Waals surface area contributed by atoms with Crippen molar-refractivity contribution >= 4 is 5.91 Å². The highest BCUT2D eigenvalue weighted by Crippen LogP contribution is 2.70. The minimum absolute atomic E-state index is 0.0277. The molecule has 1 amide bonds. The van der Waals surface area contributed by atoms with Gasteiger partial charge >= 0.3 is 0 Å². The van der Waals surface area contributed by atoms with E-state index in [0.717, 1.165) is 69.0 Å². The maximum absolute atomic E-state index is 12.8. The number of piperidine rings is 1. The fourth-order valence-corrected chi connectivity index (χ4v) is 8.23. The minimum Gasteiger partial charge on any atom is -0.490 e. The van der Waals surface area contributed by atoms with E-state index in [1.807, 2.05) is 6.07 Å². The van der Waals surface area contributed by atoms with Crippen molar-refractivity contribution < 1.29 is 19.4 Å². The molecule has 3 saturated carbocycles. The number of carbonyl (C=O) groups is 1. The van der Waals surface area contributed by atoms with Gasteiger partial charge in [0.05, 0.1) is 29.7 Å². The molecule has 7 atom stereocenters. The van der Waals surface area contributed by atoms with Crippen LogP contribution in [-0.4, -0.2) is 70.3 Å². The minimum atomic E-state index is -0.811. The summed E-state index contributed by atoms with van der Waals surface area (Å²) in [5.41, 5.74) is 1.08. The highest BCUT2D eigenvalue weighted by molar-refractivity contribution is 5.79. The van der Waals surface area contributed by atoms with Gasteiger partial charge in [-0.15, -0.1) is 0 Å². The summed E-state index contributed by atoms with van der Waals surface area (Å²) < 4.78 is 13.1. The van der Waals surface area contributed by atoms with E-state index in [4.69, 9.17) is 9.47 Å². The summed E-state index contributed by atoms with van der Waals surface area (Å²) in [6.45, 7) is 6.95. The number of unbranched alkanes of at least 4 members (excludes halogenated alkanes) is 1. The van der Waals surface area contributed by atoms with Crippen molar-refractivity contribution in [2.75, 3.05) is 19.7 Å². The van der Waals surface area contributed by atoms with Crippen molar-refractivity contribution in [2.24, 2.45) is 5.92 Å². The third kappa shape index (κ3) is 2.73. The number of aliphatic hydroxyl groups is 1. The Balaban J connectivity index is 1.32. The predicted octanol–water partition coefficient (Wildman–Crippen LogP) is 3.56. The van der Waals surface area contributed by atoms with E-state index in [-0.39, 0.29) is 24.1 Å². The van der Waals surface area contributed by atoms with Crippen LogP contribution in [-0.2, 0) is 10.2 Å². The number of nitrogens with zero attached hydrogens (tertiary/aromatic N) is 2. The van der Waals surface area contributed by atoms with Crippen LogP contribution in [0.1, 0.15) is 75.8 Å². The number of ether oxygens (including phenoxy) is 2. The van der Waals surface area contributed by atoms with Gasteiger partial charge < -0.3 is 19.5 Å². The topological polar surface area (TPSA) is 62.0 Å². The summed E-state index contributed by atoms with van der Waals surface area (Å²) in [7, 11) is 0. The van der Waals surface area contributed by atoms with Crippen LogP contribution in [0.5, 0.6) is 11.5 Å². The number of hydrogen-bond donors (Lipinski definition) is 1. The molecule has 2 saturated heterocycles. The Hall–Kier alpha value is -1.79. The Morgan fingerprint density at radius 3 is 2.82 bits per heavy atom. The van der Waals surface area contributed by atoms with Crippen molar-refractivity contribution in [1.82, 2.24) is 9.80 Å². The van der Waals surface area contributed by atoms with Gasteiger partial charge in [-0.3, -0.25) is 9.69 Å². The lowest BCUT2D eigenvalue weighted by molar-refractivity contribution is -0.148. The highest BCUT2D eigenvalue weighted by Gasteiger charge is 2.81. The van der Waals surface area contributed by atoms with Crippen LogP contribution in [0, 0.1) is 12.8 Å². The van der Waals surface area contributed by atoms with Crippen molar-refractivity contribution in [1.29, 1.82) is 0 Å². The molecule has 184 valence electrons. The van der Waals surface area contributed by atoms with E-state index >= 15 is 0 Å². The zero-order chi connectivity index (χ0) is 23.2. The molecule has 5 fully saturated rings. The van der Waals surface area contributed by atoms with Crippen LogP contribution in [0.3, 0.4) is 0 Å². The predicted molar refractivity (Wildman–Crippen MR) is 128 cm³/mol. The maximum atomic E-state index is 12.8. The highest BCUT2D eigenvalue weighted by atomic mass is 16.5. The Bertz CT molecular complexity index is 1020. The van der Waals surface area contributed by atoms with Crippen LogP contribution in [0.2, 0.25) is 0 Å². The largest absolute Gasteiger partial charge is 0.490 e. The molecule has 6 nitrogen and oxygen atoms in total. The first-order chi connectivity index (χ1) is 16.5. The molecule has 3 aliphatic heterocycles. The van der Waals surface area contributed by atoms with E-state index in [9.17, 15) is 9.90 Å². The molecular formula is C28H38N2O4. The van der Waals surface area contributed by atoms with E-state index in [1.165, 1.54) is 24.0 Å². The molecule has 3 aliphatic carbocycles. The smallest absolute Gasteiger partial charge is 0.223 e. The van der Waals surface area contributed by atoms with Gasteiger partial charge in [0.2, 0.25) is 5.91 Å². The lowest BCUT2D eigenvalue weighted by atomic mass is 9.57. The van der Waals surface area contributed by atoms with Crippen LogP contribution >= 0.6 is 0 Å². The number of benzene rings is 1. The summed E-state index contributed by atoms with van der Waals surface area (Å²) >= 11 is 0. The lowest BCUT2D eigenvalue weighted by Crippen LogP contribution is -2.68. The van der Waals surface area contributed by atoms with E-state index < -0.39 is 11.0 Å². The zero-order valence-electron chi connectivity index (χ0n) is 20.6. The van der Waals surface area contributed by atoms with Gasteiger partial charge in [-0.1, -0.05) is 19.4 Å². The van der Waals surface area contributed by atoms with Gasteiger partial charge in [0.1, 0.15) is 6.10 Å². The average Bonchev–Trinajstić information content (AvgIpc) is 3.64. The van der Waals surface area contributed by atoms with E-state index in [2.05, 4.69) is 29.7 Å². The Kier molecular flexibility index (Phi) is 4.65. The monoisotopic (exact) mass is 466 g/mol. The van der Waals surface area contributed by atoms with Gasteiger partial charge in [0, 0.05) is 31.1 Å². The molecule has 6 aliphatic rings. The molecule has 6 heteroatoms. The molecular weight excluding hydrogens is 428 g/mol. The molecule has 1 spiro atoms. The van der Waals surface area contributed by atoms with Gasteiger partial charge in [-0.2, -0.15) is 0 Å². The Morgan fingerprint density at radius 1 is 1.24 bits per heavy atom. The number of rotatable bonds is 7. The second-order valence-corrected chi connectivity index (χ2v) is 11.9. The standard InChI is InChI=1S/C28H38N2O4/c1-3-4-14-33-21-10-7-17(2)23-24(21)34-26-19(29-13-5-6-22(29)31)11-12-28(32)25-20(15-27(23,26)28)30(25)16-18-8-9-18/h7,10,18-20,25-26,32H,3-6,8-9,11-16H2,1-2H3/t19-,20?,25-,26+,27+,28-,30?/m1/s1. The van der Waals surface area contributed by atoms with Crippen molar-refractivity contribution in [3.8, 4) is 11.5 Å². The third-order valence-electron chi connectivity index (χ3n) is 9.96. The molecule has 0 radical (unpaired) electrons. The number of hydrogen-bond acceptors (Lipinski definition) is 5. The zero-order valence-corrected chi connectivity index (χ0v) is 20.6. The number of likely N-dealkylation sites (tertiary alicyclic amines) is 2. The van der Waals surface area contributed by atoms with Gasteiger partial charge in [0.25, 0.3) is 0 Å². The molecule has 1 N–H and O–H groups in total. The fraction of sp³-hybridized carbons (Fsp3) is 0.750. The van der Waals surface area contributed by atoms with Crippen LogP contribution in [0.25, 0.3) is 0 Å². The average molecular weight is 467 g/mol. The molecule has 1 aromatic carbocycles. The van der Waals surface area contributed by atoms with Gasteiger partial charge in [-0.25, -0.2) is 0 Å².